The minimum absolute atomic E-state index is 0.156. The van der Waals surface area contributed by atoms with Crippen molar-refractivity contribution in [1.82, 2.24) is 0 Å². The van der Waals surface area contributed by atoms with E-state index in [0.29, 0.717) is 22.4 Å². The van der Waals surface area contributed by atoms with E-state index >= 15 is 0 Å². The molecule has 0 unspecified atom stereocenters. The number of amides is 1. The number of anilines is 1. The molecule has 4 aromatic rings. The number of benzene rings is 4. The number of carbonyl (C=O) groups is 3. The first-order valence-corrected chi connectivity index (χ1v) is 10.4. The molecule has 1 atom stereocenters. The molecule has 0 aliphatic rings. The second-order valence-electron chi connectivity index (χ2n) is 7.29. The van der Waals surface area contributed by atoms with Crippen molar-refractivity contribution in [2.24, 2.45) is 0 Å². The molecule has 1 N–H and O–H groups in total. The highest BCUT2D eigenvalue weighted by molar-refractivity contribution is 6.08. The van der Waals surface area contributed by atoms with Gasteiger partial charge >= 0.3 is 5.97 Å². The van der Waals surface area contributed by atoms with Crippen molar-refractivity contribution >= 4 is 23.3 Å². The Labute approximate surface area is 191 Å². The smallest absolute Gasteiger partial charge is 0.341 e. The maximum Gasteiger partial charge on any atom is 0.341 e. The fraction of sp³-hybridized carbons (Fsp3) is 0.0357. The summed E-state index contributed by atoms with van der Waals surface area (Å²) in [6.45, 7) is 0. The lowest BCUT2D eigenvalue weighted by Gasteiger charge is -2.19. The van der Waals surface area contributed by atoms with Gasteiger partial charge in [-0.25, -0.2) is 4.79 Å². The highest BCUT2D eigenvalue weighted by atomic mass is 16.5. The zero-order chi connectivity index (χ0) is 23.0. The van der Waals surface area contributed by atoms with Crippen LogP contribution in [0.25, 0.3) is 0 Å². The normalized spacial score (nSPS) is 11.3. The molecule has 0 aromatic heterocycles. The van der Waals surface area contributed by atoms with Crippen LogP contribution >= 0.6 is 0 Å². The van der Waals surface area contributed by atoms with Crippen molar-refractivity contribution < 1.29 is 19.1 Å². The molecule has 0 heterocycles. The van der Waals surface area contributed by atoms with Crippen molar-refractivity contribution in [3.63, 3.8) is 0 Å². The second-order valence-corrected chi connectivity index (χ2v) is 7.29. The molecular formula is C28H21NO4. The molecule has 0 bridgehead atoms. The van der Waals surface area contributed by atoms with Gasteiger partial charge in [0.15, 0.2) is 6.10 Å². The zero-order valence-electron chi connectivity index (χ0n) is 17.7. The van der Waals surface area contributed by atoms with Crippen LogP contribution in [0.15, 0.2) is 115 Å². The Morgan fingerprint density at radius 1 is 0.606 bits per heavy atom. The Kier molecular flexibility index (Phi) is 6.71. The highest BCUT2D eigenvalue weighted by Gasteiger charge is 2.27. The summed E-state index contributed by atoms with van der Waals surface area (Å²) in [5.41, 5.74) is 1.91. The zero-order valence-corrected chi connectivity index (χ0v) is 17.7. The molecule has 4 rings (SSSR count). The lowest BCUT2D eigenvalue weighted by Crippen LogP contribution is -2.22. The molecule has 0 aliphatic carbocycles. The predicted molar refractivity (Wildman–Crippen MR) is 126 cm³/mol. The number of nitrogens with one attached hydrogen (secondary N) is 1. The summed E-state index contributed by atoms with van der Waals surface area (Å²) in [4.78, 5) is 39.0. The third-order valence-electron chi connectivity index (χ3n) is 5.05. The molecule has 5 nitrogen and oxygen atoms in total. The number of para-hydroxylation sites is 1. The van der Waals surface area contributed by atoms with Crippen LogP contribution in [0.3, 0.4) is 0 Å². The van der Waals surface area contributed by atoms with Crippen LogP contribution in [0, 0.1) is 0 Å². The number of ketones is 1. The maximum atomic E-state index is 13.2. The van der Waals surface area contributed by atoms with E-state index in [0.717, 1.165) is 0 Å². The topological polar surface area (TPSA) is 72.5 Å². The van der Waals surface area contributed by atoms with Crippen LogP contribution in [0.4, 0.5) is 5.69 Å². The average molecular weight is 435 g/mol. The molecule has 1 amide bonds. The molecule has 162 valence electrons. The second kappa shape index (κ2) is 10.2. The van der Waals surface area contributed by atoms with E-state index in [-0.39, 0.29) is 17.3 Å². The summed E-state index contributed by atoms with van der Waals surface area (Å²) in [5.74, 6) is -1.39. The Bertz CT molecular complexity index is 1250. The highest BCUT2D eigenvalue weighted by Crippen LogP contribution is 2.26. The van der Waals surface area contributed by atoms with Crippen molar-refractivity contribution in [2.45, 2.75) is 6.10 Å². The van der Waals surface area contributed by atoms with E-state index in [1.54, 1.807) is 97.1 Å². The van der Waals surface area contributed by atoms with Gasteiger partial charge in [-0.05, 0) is 24.3 Å². The monoisotopic (exact) mass is 435 g/mol. The van der Waals surface area contributed by atoms with E-state index in [4.69, 9.17) is 4.74 Å². The Hall–Kier alpha value is -4.51. The average Bonchev–Trinajstić information content (AvgIpc) is 2.88. The Morgan fingerprint density at radius 3 is 1.76 bits per heavy atom. The van der Waals surface area contributed by atoms with Gasteiger partial charge in [0.25, 0.3) is 5.91 Å². The summed E-state index contributed by atoms with van der Waals surface area (Å²) >= 11 is 0. The third-order valence-corrected chi connectivity index (χ3v) is 5.05. The number of carbonyl (C=O) groups excluding carboxylic acids is 3. The standard InChI is InChI=1S/C28H21NO4/c30-25(20-12-4-1-5-13-20)26(21-14-6-2-7-15-21)33-28(32)23-18-10-11-19-24(23)29-27(31)22-16-8-3-9-17-22/h1-19,26H,(H,29,31)/t26-/m1/s1. The molecule has 0 saturated carbocycles. The first-order chi connectivity index (χ1) is 16.1. The number of ether oxygens (including phenoxy) is 1. The van der Waals surface area contributed by atoms with Gasteiger partial charge in [-0.1, -0.05) is 91.0 Å². The minimum Gasteiger partial charge on any atom is -0.445 e. The molecular weight excluding hydrogens is 414 g/mol. The number of hydrogen-bond donors (Lipinski definition) is 1. The summed E-state index contributed by atoms with van der Waals surface area (Å²) in [7, 11) is 0. The first kappa shape index (κ1) is 21.7. The van der Waals surface area contributed by atoms with Crippen LogP contribution < -0.4 is 5.32 Å². The van der Waals surface area contributed by atoms with Gasteiger partial charge in [0.2, 0.25) is 5.78 Å². The summed E-state index contributed by atoms with van der Waals surface area (Å²) in [5, 5.41) is 2.76. The van der Waals surface area contributed by atoms with Crippen LogP contribution in [0.1, 0.15) is 42.7 Å². The predicted octanol–water partition coefficient (Wildman–Crippen LogP) is 5.72. The first-order valence-electron chi connectivity index (χ1n) is 10.4. The number of Topliss-reactive ketones (excluding diaryl/α,β-unsaturated/α-hetero) is 1. The van der Waals surface area contributed by atoms with Gasteiger partial charge in [0.05, 0.1) is 11.3 Å². The number of esters is 1. The van der Waals surface area contributed by atoms with E-state index in [2.05, 4.69) is 5.32 Å². The number of hydrogen-bond acceptors (Lipinski definition) is 4. The van der Waals surface area contributed by atoms with Gasteiger partial charge in [0, 0.05) is 16.7 Å². The molecule has 5 heteroatoms. The molecule has 0 fully saturated rings. The van der Waals surface area contributed by atoms with Gasteiger partial charge in [0.1, 0.15) is 0 Å². The van der Waals surface area contributed by atoms with Crippen LogP contribution in [0.5, 0.6) is 0 Å². The maximum absolute atomic E-state index is 13.2. The van der Waals surface area contributed by atoms with Crippen molar-refractivity contribution in [2.75, 3.05) is 5.32 Å². The van der Waals surface area contributed by atoms with Gasteiger partial charge in [-0.2, -0.15) is 0 Å². The van der Waals surface area contributed by atoms with Crippen molar-refractivity contribution in [1.29, 1.82) is 0 Å². The molecule has 4 aromatic carbocycles. The SMILES string of the molecule is O=C(Nc1ccccc1C(=O)O[C@@H](C(=O)c1ccccc1)c1ccccc1)c1ccccc1. The Balaban J connectivity index is 1.61. The van der Waals surface area contributed by atoms with E-state index in [1.165, 1.54) is 0 Å². The lowest BCUT2D eigenvalue weighted by atomic mass is 9.99. The van der Waals surface area contributed by atoms with Gasteiger partial charge < -0.3 is 10.1 Å². The summed E-state index contributed by atoms with van der Waals surface area (Å²) in [6.07, 6.45) is -1.13. The minimum atomic E-state index is -1.13. The summed E-state index contributed by atoms with van der Waals surface area (Å²) < 4.78 is 5.73. The third kappa shape index (κ3) is 5.22. The molecule has 33 heavy (non-hydrogen) atoms. The van der Waals surface area contributed by atoms with Crippen molar-refractivity contribution in [3.8, 4) is 0 Å². The molecule has 0 spiro atoms. The molecule has 0 saturated heterocycles. The van der Waals surface area contributed by atoms with Crippen LogP contribution in [0.2, 0.25) is 0 Å². The van der Waals surface area contributed by atoms with Gasteiger partial charge in [-0.3, -0.25) is 9.59 Å². The number of rotatable bonds is 7. The van der Waals surface area contributed by atoms with E-state index in [1.807, 2.05) is 18.2 Å². The fourth-order valence-electron chi connectivity index (χ4n) is 3.38. The molecule has 0 aliphatic heterocycles. The fourth-order valence-corrected chi connectivity index (χ4v) is 3.38. The largest absolute Gasteiger partial charge is 0.445 e. The quantitative estimate of drug-likeness (QED) is 0.298. The lowest BCUT2D eigenvalue weighted by molar-refractivity contribution is 0.0281. The van der Waals surface area contributed by atoms with Crippen LogP contribution in [-0.2, 0) is 4.74 Å². The van der Waals surface area contributed by atoms with E-state index in [9.17, 15) is 14.4 Å². The molecule has 0 radical (unpaired) electrons. The van der Waals surface area contributed by atoms with Gasteiger partial charge in [-0.15, -0.1) is 0 Å². The summed E-state index contributed by atoms with van der Waals surface area (Å²) in [6, 6.07) is 32.8. The van der Waals surface area contributed by atoms with E-state index < -0.39 is 12.1 Å². The van der Waals surface area contributed by atoms with Crippen LogP contribution in [-0.4, -0.2) is 17.7 Å². The Morgan fingerprint density at radius 2 is 1.12 bits per heavy atom. The van der Waals surface area contributed by atoms with Crippen molar-refractivity contribution in [3.05, 3.63) is 138 Å².